The highest BCUT2D eigenvalue weighted by atomic mass is 19.1. The number of anilines is 1. The van der Waals surface area contributed by atoms with Crippen LogP contribution in [0.5, 0.6) is 0 Å². The number of amides is 4. The molecule has 0 atom stereocenters. The van der Waals surface area contributed by atoms with E-state index in [1.807, 2.05) is 6.07 Å². The number of nitrogens with one attached hydrogen (secondary N) is 4. The summed E-state index contributed by atoms with van der Waals surface area (Å²) in [5, 5.41) is 9.13. The van der Waals surface area contributed by atoms with Gasteiger partial charge in [-0.3, -0.25) is 14.4 Å². The van der Waals surface area contributed by atoms with Gasteiger partial charge in [0.15, 0.2) is 0 Å². The summed E-state index contributed by atoms with van der Waals surface area (Å²) in [5.74, 6) is -2.46. The second kappa shape index (κ2) is 11.8. The van der Waals surface area contributed by atoms with Crippen molar-refractivity contribution in [1.29, 1.82) is 0 Å². The van der Waals surface area contributed by atoms with Crippen LogP contribution in [0.2, 0.25) is 0 Å². The molecule has 0 fully saturated rings. The van der Waals surface area contributed by atoms with Crippen LogP contribution in [-0.4, -0.2) is 43.4 Å². The van der Waals surface area contributed by atoms with Gasteiger partial charge in [0, 0.05) is 0 Å². The Morgan fingerprint density at radius 1 is 0.733 bits per heavy atom. The fourth-order valence-corrected chi connectivity index (χ4v) is 2.17. The van der Waals surface area contributed by atoms with Crippen LogP contribution in [0, 0.1) is 5.82 Å². The first-order chi connectivity index (χ1) is 14.4. The van der Waals surface area contributed by atoms with Crippen molar-refractivity contribution in [3.05, 3.63) is 66.0 Å². The van der Waals surface area contributed by atoms with E-state index in [1.165, 1.54) is 18.2 Å². The Bertz CT molecular complexity index is 892. The highest BCUT2D eigenvalue weighted by molar-refractivity contribution is 5.95. The van der Waals surface area contributed by atoms with Crippen LogP contribution in [0.4, 0.5) is 14.9 Å². The number of carbonyl (C=O) groups is 4. The van der Waals surface area contributed by atoms with Gasteiger partial charge in [0.2, 0.25) is 17.7 Å². The van der Waals surface area contributed by atoms with Gasteiger partial charge in [-0.05, 0) is 17.7 Å². The predicted molar refractivity (Wildman–Crippen MR) is 106 cm³/mol. The number of benzene rings is 2. The van der Waals surface area contributed by atoms with Crippen LogP contribution in [-0.2, 0) is 25.7 Å². The normalized spacial score (nSPS) is 9.90. The quantitative estimate of drug-likeness (QED) is 0.484. The summed E-state index contributed by atoms with van der Waals surface area (Å²) < 4.78 is 18.4. The number of hydrogen-bond acceptors (Lipinski definition) is 5. The van der Waals surface area contributed by atoms with E-state index in [2.05, 4.69) is 21.3 Å². The Kier molecular flexibility index (Phi) is 8.78. The van der Waals surface area contributed by atoms with Gasteiger partial charge in [0.25, 0.3) is 0 Å². The lowest BCUT2D eigenvalue weighted by Crippen LogP contribution is -2.43. The smallest absolute Gasteiger partial charge is 0.407 e. The second-order valence-corrected chi connectivity index (χ2v) is 6.00. The van der Waals surface area contributed by atoms with Crippen molar-refractivity contribution < 1.29 is 28.3 Å². The molecule has 2 aromatic carbocycles. The molecule has 0 aliphatic heterocycles. The molecular weight excluding hydrogens is 395 g/mol. The fourth-order valence-electron chi connectivity index (χ4n) is 2.17. The number of halogens is 1. The Hall–Kier alpha value is -3.95. The molecule has 0 unspecified atom stereocenters. The molecule has 2 rings (SSSR count). The number of para-hydroxylation sites is 1. The molecule has 0 saturated carbocycles. The van der Waals surface area contributed by atoms with Gasteiger partial charge in [0.05, 0.1) is 18.8 Å². The molecule has 2 aromatic rings. The third-order valence-electron chi connectivity index (χ3n) is 3.65. The Balaban J connectivity index is 1.57. The summed E-state index contributed by atoms with van der Waals surface area (Å²) in [4.78, 5) is 46.6. The maximum absolute atomic E-state index is 13.4. The zero-order chi connectivity index (χ0) is 21.8. The van der Waals surface area contributed by atoms with E-state index >= 15 is 0 Å². The van der Waals surface area contributed by atoms with Crippen LogP contribution in [0.1, 0.15) is 5.56 Å². The maximum atomic E-state index is 13.4. The molecule has 30 heavy (non-hydrogen) atoms. The fraction of sp³-hybridized carbons (Fsp3) is 0.200. The SMILES string of the molecule is O=C(CNC(=O)CNC(=O)OCc1ccccc1)NCC(=O)Nc1ccccc1F. The molecule has 0 radical (unpaired) electrons. The minimum atomic E-state index is -0.775. The van der Waals surface area contributed by atoms with E-state index in [4.69, 9.17) is 4.74 Å². The predicted octanol–water partition coefficient (Wildman–Crippen LogP) is 0.923. The molecule has 4 amide bonds. The Morgan fingerprint density at radius 2 is 1.30 bits per heavy atom. The number of carbonyl (C=O) groups excluding carboxylic acids is 4. The highest BCUT2D eigenvalue weighted by Crippen LogP contribution is 2.11. The average Bonchev–Trinajstić information content (AvgIpc) is 2.75. The molecule has 0 heterocycles. The molecular formula is C20H21FN4O5. The molecule has 0 saturated heterocycles. The van der Waals surface area contributed by atoms with Crippen LogP contribution in [0.15, 0.2) is 54.6 Å². The monoisotopic (exact) mass is 416 g/mol. The van der Waals surface area contributed by atoms with Gasteiger partial charge in [-0.2, -0.15) is 0 Å². The van der Waals surface area contributed by atoms with Crippen LogP contribution in [0.25, 0.3) is 0 Å². The number of alkyl carbamates (subject to hydrolysis) is 1. The first-order valence-corrected chi connectivity index (χ1v) is 8.96. The van der Waals surface area contributed by atoms with Crippen molar-refractivity contribution >= 4 is 29.5 Å². The molecule has 0 bridgehead atoms. The van der Waals surface area contributed by atoms with Gasteiger partial charge in [-0.1, -0.05) is 42.5 Å². The van der Waals surface area contributed by atoms with E-state index in [9.17, 15) is 23.6 Å². The van der Waals surface area contributed by atoms with Gasteiger partial charge in [0.1, 0.15) is 19.0 Å². The first-order valence-electron chi connectivity index (χ1n) is 8.96. The maximum Gasteiger partial charge on any atom is 0.407 e. The van der Waals surface area contributed by atoms with Crippen molar-refractivity contribution in [2.45, 2.75) is 6.61 Å². The summed E-state index contributed by atoms with van der Waals surface area (Å²) in [6.45, 7) is -1.11. The summed E-state index contributed by atoms with van der Waals surface area (Å²) in [7, 11) is 0. The van der Waals surface area contributed by atoms with Crippen LogP contribution >= 0.6 is 0 Å². The standard InChI is InChI=1S/C20H21FN4O5/c21-15-8-4-5-9-16(15)25-19(28)12-23-17(26)10-22-18(27)11-24-20(29)30-13-14-6-2-1-3-7-14/h1-9H,10-13H2,(H,22,27)(H,23,26)(H,24,29)(H,25,28). The van der Waals surface area contributed by atoms with Gasteiger partial charge < -0.3 is 26.0 Å². The van der Waals surface area contributed by atoms with Crippen LogP contribution < -0.4 is 21.3 Å². The summed E-state index contributed by atoms with van der Waals surface area (Å²) in [5.41, 5.74) is 0.795. The van der Waals surface area contributed by atoms with Crippen molar-refractivity contribution in [2.75, 3.05) is 25.0 Å². The largest absolute Gasteiger partial charge is 0.445 e. The highest BCUT2D eigenvalue weighted by Gasteiger charge is 2.11. The number of ether oxygens (including phenoxy) is 1. The van der Waals surface area contributed by atoms with E-state index < -0.39 is 42.7 Å². The van der Waals surface area contributed by atoms with Crippen LogP contribution in [0.3, 0.4) is 0 Å². The average molecular weight is 416 g/mol. The topological polar surface area (TPSA) is 126 Å². The summed E-state index contributed by atoms with van der Waals surface area (Å²) in [6, 6.07) is 14.6. The molecule has 0 aromatic heterocycles. The van der Waals surface area contributed by atoms with Gasteiger partial charge >= 0.3 is 6.09 Å². The minimum Gasteiger partial charge on any atom is -0.445 e. The van der Waals surface area contributed by atoms with E-state index in [1.54, 1.807) is 30.3 Å². The second-order valence-electron chi connectivity index (χ2n) is 6.00. The Labute approximate surface area is 172 Å². The van der Waals surface area contributed by atoms with Crippen molar-refractivity contribution in [3.63, 3.8) is 0 Å². The van der Waals surface area contributed by atoms with E-state index in [0.717, 1.165) is 5.56 Å². The number of rotatable bonds is 9. The Morgan fingerprint density at radius 3 is 1.97 bits per heavy atom. The minimum absolute atomic E-state index is 0.00437. The number of hydrogen-bond donors (Lipinski definition) is 4. The molecule has 0 aliphatic carbocycles. The molecule has 158 valence electrons. The van der Waals surface area contributed by atoms with Crippen molar-refractivity contribution in [2.24, 2.45) is 0 Å². The molecule has 0 spiro atoms. The molecule has 9 nitrogen and oxygen atoms in total. The lowest BCUT2D eigenvalue weighted by molar-refractivity contribution is -0.126. The summed E-state index contributed by atoms with van der Waals surface area (Å²) >= 11 is 0. The van der Waals surface area contributed by atoms with Gasteiger partial charge in [-0.15, -0.1) is 0 Å². The van der Waals surface area contributed by atoms with Crippen molar-refractivity contribution in [3.8, 4) is 0 Å². The zero-order valence-electron chi connectivity index (χ0n) is 15.9. The van der Waals surface area contributed by atoms with Gasteiger partial charge in [-0.25, -0.2) is 9.18 Å². The third-order valence-corrected chi connectivity index (χ3v) is 3.65. The van der Waals surface area contributed by atoms with Crippen molar-refractivity contribution in [1.82, 2.24) is 16.0 Å². The summed E-state index contributed by atoms with van der Waals surface area (Å²) in [6.07, 6.45) is -0.775. The van der Waals surface area contributed by atoms with E-state index in [0.29, 0.717) is 0 Å². The lowest BCUT2D eigenvalue weighted by atomic mass is 10.2. The van der Waals surface area contributed by atoms with E-state index in [-0.39, 0.29) is 18.8 Å². The molecule has 0 aliphatic rings. The zero-order valence-corrected chi connectivity index (χ0v) is 15.9. The molecule has 10 heteroatoms. The third kappa shape index (κ3) is 8.38. The molecule has 4 N–H and O–H groups in total. The first kappa shape index (κ1) is 22.3. The lowest BCUT2D eigenvalue weighted by Gasteiger charge is -2.09.